The monoisotopic (exact) mass is 405 g/mol. The molecule has 5 nitrogen and oxygen atoms in total. The van der Waals surface area contributed by atoms with Gasteiger partial charge in [0.1, 0.15) is 0 Å². The average molecular weight is 406 g/mol. The molecule has 1 aromatic carbocycles. The van der Waals surface area contributed by atoms with E-state index in [4.69, 9.17) is 5.11 Å². The van der Waals surface area contributed by atoms with Crippen LogP contribution in [0.5, 0.6) is 0 Å². The van der Waals surface area contributed by atoms with Gasteiger partial charge in [0.15, 0.2) is 6.10 Å². The van der Waals surface area contributed by atoms with E-state index < -0.39 is 24.7 Å². The Hall–Kier alpha value is -1.87. The fourth-order valence-corrected chi connectivity index (χ4v) is 2.46. The molecular weight excluding hydrogens is 391 g/mol. The van der Waals surface area contributed by atoms with Crippen molar-refractivity contribution in [3.8, 4) is 5.69 Å². The maximum atomic E-state index is 12.3. The maximum absolute atomic E-state index is 12.3. The first-order chi connectivity index (χ1) is 11.1. The van der Waals surface area contributed by atoms with E-state index in [2.05, 4.69) is 26.3 Å². The van der Waals surface area contributed by atoms with Crippen molar-refractivity contribution in [2.45, 2.75) is 26.1 Å². The number of nitrogens with one attached hydrogen (secondary N) is 1. The molecule has 24 heavy (non-hydrogen) atoms. The van der Waals surface area contributed by atoms with E-state index in [1.165, 1.54) is 4.68 Å². The number of rotatable bonds is 4. The van der Waals surface area contributed by atoms with E-state index in [-0.39, 0.29) is 5.56 Å². The molecule has 0 aliphatic heterocycles. The van der Waals surface area contributed by atoms with Crippen molar-refractivity contribution in [3.05, 3.63) is 45.7 Å². The van der Waals surface area contributed by atoms with Crippen molar-refractivity contribution in [2.24, 2.45) is 0 Å². The summed E-state index contributed by atoms with van der Waals surface area (Å²) >= 11 is 3.32. The van der Waals surface area contributed by atoms with Gasteiger partial charge in [-0.2, -0.15) is 18.3 Å². The van der Waals surface area contributed by atoms with E-state index in [0.717, 1.165) is 4.47 Å². The molecule has 0 radical (unpaired) electrons. The quantitative estimate of drug-likeness (QED) is 0.821. The minimum Gasteiger partial charge on any atom is -0.382 e. The summed E-state index contributed by atoms with van der Waals surface area (Å²) in [4.78, 5) is 12.2. The minimum absolute atomic E-state index is 0.187. The molecule has 0 spiro atoms. The Labute approximate surface area is 144 Å². The number of carbonyl (C=O) groups is 1. The van der Waals surface area contributed by atoms with E-state index in [9.17, 15) is 18.0 Å². The number of aliphatic hydroxyl groups is 1. The third-order valence-electron chi connectivity index (χ3n) is 3.42. The third-order valence-corrected chi connectivity index (χ3v) is 3.95. The van der Waals surface area contributed by atoms with Crippen LogP contribution in [0.2, 0.25) is 0 Å². The molecular formula is C15H15BrF3N3O2. The molecule has 0 bridgehead atoms. The highest BCUT2D eigenvalue weighted by Gasteiger charge is 2.38. The largest absolute Gasteiger partial charge is 0.416 e. The number of amides is 1. The predicted molar refractivity (Wildman–Crippen MR) is 85.1 cm³/mol. The van der Waals surface area contributed by atoms with Gasteiger partial charge in [-0.05, 0) is 38.1 Å². The number of hydrogen-bond acceptors (Lipinski definition) is 3. The number of carbonyl (C=O) groups excluding carboxylic acids is 1. The second-order valence-electron chi connectivity index (χ2n) is 5.20. The fraction of sp³-hybridized carbons (Fsp3) is 0.333. The first-order valence-electron chi connectivity index (χ1n) is 6.96. The predicted octanol–water partition coefficient (Wildman–Crippen LogP) is 2.90. The number of alkyl halides is 3. The number of benzene rings is 1. The lowest BCUT2D eigenvalue weighted by Crippen LogP contribution is -2.40. The second kappa shape index (κ2) is 6.94. The lowest BCUT2D eigenvalue weighted by Gasteiger charge is -2.15. The first kappa shape index (κ1) is 18.5. The standard InChI is InChI=1S/C15H15BrF3N3O2/c1-8-13(14(24)20-7-12(23)15(17,18)19)9(2)22(21-8)11-5-3-10(16)4-6-11/h3-6,12,23H,7H2,1-2H3,(H,20,24). The number of nitrogens with zero attached hydrogens (tertiary/aromatic N) is 2. The van der Waals surface area contributed by atoms with Crippen LogP contribution in [0.1, 0.15) is 21.7 Å². The number of aryl methyl sites for hydroxylation is 1. The van der Waals surface area contributed by atoms with Crippen LogP contribution in [0, 0.1) is 13.8 Å². The fourth-order valence-electron chi connectivity index (χ4n) is 2.20. The molecule has 1 amide bonds. The summed E-state index contributed by atoms with van der Waals surface area (Å²) < 4.78 is 39.3. The summed E-state index contributed by atoms with van der Waals surface area (Å²) in [7, 11) is 0. The summed E-state index contributed by atoms with van der Waals surface area (Å²) in [6, 6.07) is 7.20. The molecule has 0 saturated carbocycles. The van der Waals surface area contributed by atoms with Gasteiger partial charge in [-0.15, -0.1) is 0 Å². The van der Waals surface area contributed by atoms with Gasteiger partial charge in [0.25, 0.3) is 5.91 Å². The van der Waals surface area contributed by atoms with Crippen LogP contribution in [0.4, 0.5) is 13.2 Å². The van der Waals surface area contributed by atoms with Crippen LogP contribution in [0.25, 0.3) is 5.69 Å². The molecule has 2 rings (SSSR count). The van der Waals surface area contributed by atoms with Crippen LogP contribution in [-0.2, 0) is 0 Å². The van der Waals surface area contributed by atoms with Gasteiger partial charge >= 0.3 is 6.18 Å². The van der Waals surface area contributed by atoms with Gasteiger partial charge in [0.2, 0.25) is 0 Å². The van der Waals surface area contributed by atoms with E-state index in [1.54, 1.807) is 26.0 Å². The first-order valence-corrected chi connectivity index (χ1v) is 7.75. The zero-order valence-electron chi connectivity index (χ0n) is 12.9. The highest BCUT2D eigenvalue weighted by Crippen LogP contribution is 2.21. The zero-order chi connectivity index (χ0) is 18.1. The van der Waals surface area contributed by atoms with Crippen LogP contribution < -0.4 is 5.32 Å². The molecule has 0 fully saturated rings. The van der Waals surface area contributed by atoms with Gasteiger partial charge in [0.05, 0.1) is 29.2 Å². The molecule has 1 unspecified atom stereocenters. The number of aliphatic hydroxyl groups excluding tert-OH is 1. The van der Waals surface area contributed by atoms with Crippen LogP contribution in [-0.4, -0.2) is 39.6 Å². The molecule has 2 aromatic rings. The van der Waals surface area contributed by atoms with Crippen molar-refractivity contribution >= 4 is 21.8 Å². The lowest BCUT2D eigenvalue weighted by molar-refractivity contribution is -0.201. The summed E-state index contributed by atoms with van der Waals surface area (Å²) in [6.07, 6.45) is -7.39. The summed E-state index contributed by atoms with van der Waals surface area (Å²) in [6.45, 7) is 2.33. The Morgan fingerprint density at radius 2 is 1.92 bits per heavy atom. The smallest absolute Gasteiger partial charge is 0.382 e. The van der Waals surface area contributed by atoms with Crippen molar-refractivity contribution in [1.82, 2.24) is 15.1 Å². The molecule has 0 saturated heterocycles. The van der Waals surface area contributed by atoms with Crippen molar-refractivity contribution < 1.29 is 23.1 Å². The Kier molecular flexibility index (Phi) is 5.34. The van der Waals surface area contributed by atoms with Crippen LogP contribution in [0.3, 0.4) is 0 Å². The van der Waals surface area contributed by atoms with Crippen molar-refractivity contribution in [3.63, 3.8) is 0 Å². The Morgan fingerprint density at radius 1 is 1.33 bits per heavy atom. The molecule has 2 N–H and O–H groups in total. The minimum atomic E-state index is -4.78. The van der Waals surface area contributed by atoms with Gasteiger partial charge < -0.3 is 10.4 Å². The van der Waals surface area contributed by atoms with E-state index >= 15 is 0 Å². The normalized spacial score (nSPS) is 13.0. The third kappa shape index (κ3) is 3.96. The van der Waals surface area contributed by atoms with Gasteiger partial charge in [-0.25, -0.2) is 4.68 Å². The molecule has 1 atom stereocenters. The van der Waals surface area contributed by atoms with Gasteiger partial charge in [-0.1, -0.05) is 15.9 Å². The average Bonchev–Trinajstić information content (AvgIpc) is 2.79. The molecule has 9 heteroatoms. The van der Waals surface area contributed by atoms with E-state index in [1.807, 2.05) is 12.1 Å². The molecule has 0 aliphatic rings. The van der Waals surface area contributed by atoms with Crippen molar-refractivity contribution in [1.29, 1.82) is 0 Å². The highest BCUT2D eigenvalue weighted by molar-refractivity contribution is 9.10. The van der Waals surface area contributed by atoms with Crippen LogP contribution in [0.15, 0.2) is 28.7 Å². The highest BCUT2D eigenvalue weighted by atomic mass is 79.9. The van der Waals surface area contributed by atoms with Crippen LogP contribution >= 0.6 is 15.9 Å². The van der Waals surface area contributed by atoms with Crippen molar-refractivity contribution in [2.75, 3.05) is 6.54 Å². The van der Waals surface area contributed by atoms with Gasteiger partial charge in [0, 0.05) is 4.47 Å². The lowest BCUT2D eigenvalue weighted by atomic mass is 10.1. The Morgan fingerprint density at radius 3 is 2.46 bits per heavy atom. The molecule has 0 aliphatic carbocycles. The van der Waals surface area contributed by atoms with Gasteiger partial charge in [-0.3, -0.25) is 4.79 Å². The Balaban J connectivity index is 2.22. The molecule has 1 aromatic heterocycles. The Bertz CT molecular complexity index is 742. The van der Waals surface area contributed by atoms with E-state index in [0.29, 0.717) is 17.1 Å². The second-order valence-corrected chi connectivity index (χ2v) is 6.12. The topological polar surface area (TPSA) is 67.2 Å². The molecule has 130 valence electrons. The maximum Gasteiger partial charge on any atom is 0.416 e. The SMILES string of the molecule is Cc1nn(-c2ccc(Br)cc2)c(C)c1C(=O)NCC(O)C(F)(F)F. The number of hydrogen-bond donors (Lipinski definition) is 2. The number of aromatic nitrogens is 2. The summed E-state index contributed by atoms with van der Waals surface area (Å²) in [5.41, 5.74) is 1.78. The zero-order valence-corrected chi connectivity index (χ0v) is 14.4. The number of halogens is 4. The summed E-state index contributed by atoms with van der Waals surface area (Å²) in [5, 5.41) is 15.3. The summed E-state index contributed by atoms with van der Waals surface area (Å²) in [5.74, 6) is -0.711. The molecule has 1 heterocycles.